The van der Waals surface area contributed by atoms with Crippen LogP contribution in [0.1, 0.15) is 35.7 Å². The minimum absolute atomic E-state index is 0.0267. The number of benzene rings is 2. The summed E-state index contributed by atoms with van der Waals surface area (Å²) in [6.07, 6.45) is -0.274. The van der Waals surface area contributed by atoms with E-state index in [-0.39, 0.29) is 30.1 Å². The van der Waals surface area contributed by atoms with Gasteiger partial charge in [-0.1, -0.05) is 37.3 Å². The summed E-state index contributed by atoms with van der Waals surface area (Å²) < 4.78 is 27.5. The van der Waals surface area contributed by atoms with Crippen LogP contribution in [-0.4, -0.2) is 55.8 Å². The number of sulfonamides is 1. The molecule has 0 aromatic heterocycles. The van der Waals surface area contributed by atoms with Gasteiger partial charge in [0.1, 0.15) is 11.4 Å². The van der Waals surface area contributed by atoms with Crippen LogP contribution >= 0.6 is 0 Å². The molecular formula is C22H27N5O6S. The van der Waals surface area contributed by atoms with E-state index in [1.54, 1.807) is 6.07 Å². The van der Waals surface area contributed by atoms with Crippen molar-refractivity contribution in [1.29, 1.82) is 5.41 Å². The molecule has 1 atom stereocenters. The molecule has 7 N–H and O–H groups in total. The lowest BCUT2D eigenvalue weighted by Crippen LogP contribution is -2.60. The average Bonchev–Trinajstić information content (AvgIpc) is 2.82. The van der Waals surface area contributed by atoms with Crippen LogP contribution in [0, 0.1) is 5.41 Å². The highest BCUT2D eigenvalue weighted by Gasteiger charge is 2.41. The van der Waals surface area contributed by atoms with Crippen LogP contribution in [0.3, 0.4) is 0 Å². The maximum absolute atomic E-state index is 12.6. The average molecular weight is 490 g/mol. The molecule has 0 aliphatic heterocycles. The second kappa shape index (κ2) is 11.4. The van der Waals surface area contributed by atoms with Crippen molar-refractivity contribution < 1.29 is 27.9 Å². The number of carbonyl (C=O) groups is 3. The second-order valence-electron chi connectivity index (χ2n) is 7.43. The molecule has 0 bridgehead atoms. The topological polar surface area (TPSA) is 192 Å². The summed E-state index contributed by atoms with van der Waals surface area (Å²) in [5.74, 6) is -2.56. The zero-order valence-corrected chi connectivity index (χ0v) is 19.3. The summed E-state index contributed by atoms with van der Waals surface area (Å²) in [4.78, 5) is 36.2. The van der Waals surface area contributed by atoms with Gasteiger partial charge in [0.2, 0.25) is 15.9 Å². The summed E-state index contributed by atoms with van der Waals surface area (Å²) in [7, 11) is -4.15. The van der Waals surface area contributed by atoms with Gasteiger partial charge in [0.15, 0.2) is 0 Å². The van der Waals surface area contributed by atoms with Crippen molar-refractivity contribution in [3.05, 3.63) is 65.7 Å². The van der Waals surface area contributed by atoms with Crippen molar-refractivity contribution in [2.45, 2.75) is 30.2 Å². The van der Waals surface area contributed by atoms with Crippen molar-refractivity contribution in [3.8, 4) is 0 Å². The third-order valence-electron chi connectivity index (χ3n) is 5.08. The summed E-state index contributed by atoms with van der Waals surface area (Å²) in [6, 6.07) is 13.4. The van der Waals surface area contributed by atoms with Gasteiger partial charge in [-0.3, -0.25) is 19.8 Å². The molecular weight excluding hydrogens is 462 g/mol. The number of carboxylic acid groups (broad SMARTS) is 1. The number of rotatable bonds is 12. The Labute approximate surface area is 197 Å². The van der Waals surface area contributed by atoms with E-state index in [1.165, 1.54) is 55.5 Å². The van der Waals surface area contributed by atoms with Gasteiger partial charge >= 0.3 is 5.97 Å². The molecule has 0 aliphatic carbocycles. The van der Waals surface area contributed by atoms with Crippen LogP contribution in [0.5, 0.6) is 0 Å². The molecule has 11 nitrogen and oxygen atoms in total. The maximum Gasteiger partial charge on any atom is 0.326 e. The SMILES string of the molecule is CC[C@@](CNC(=O)CCNC(=O)c1ccc(C(=N)N)cc1)(NS(=O)(=O)c1ccccc1)C(=O)O. The Bertz CT molecular complexity index is 1150. The van der Waals surface area contributed by atoms with E-state index < -0.39 is 39.9 Å². The molecule has 0 unspecified atom stereocenters. The van der Waals surface area contributed by atoms with Gasteiger partial charge in [0, 0.05) is 30.6 Å². The van der Waals surface area contributed by atoms with Crippen LogP contribution in [0.25, 0.3) is 0 Å². The van der Waals surface area contributed by atoms with Crippen LogP contribution in [0.2, 0.25) is 0 Å². The highest BCUT2D eigenvalue weighted by Crippen LogP contribution is 2.16. The first-order valence-electron chi connectivity index (χ1n) is 10.3. The molecule has 0 aliphatic rings. The third kappa shape index (κ3) is 6.86. The number of amides is 2. The van der Waals surface area contributed by atoms with E-state index in [0.29, 0.717) is 11.1 Å². The fraction of sp³-hybridized carbons (Fsp3) is 0.273. The van der Waals surface area contributed by atoms with Gasteiger partial charge in [0.25, 0.3) is 5.91 Å². The molecule has 0 saturated carbocycles. The van der Waals surface area contributed by atoms with Crippen molar-refractivity contribution in [1.82, 2.24) is 15.4 Å². The quantitative estimate of drug-likeness (QED) is 0.184. The lowest BCUT2D eigenvalue weighted by Gasteiger charge is -2.29. The number of carboxylic acids is 1. The highest BCUT2D eigenvalue weighted by atomic mass is 32.2. The maximum atomic E-state index is 12.6. The number of hydrogen-bond acceptors (Lipinski definition) is 6. The first-order chi connectivity index (χ1) is 16.0. The van der Waals surface area contributed by atoms with E-state index in [4.69, 9.17) is 11.1 Å². The Morgan fingerprint density at radius 3 is 2.12 bits per heavy atom. The van der Waals surface area contributed by atoms with Gasteiger partial charge in [-0.2, -0.15) is 4.72 Å². The molecule has 2 aromatic carbocycles. The van der Waals surface area contributed by atoms with E-state index in [0.717, 1.165) is 0 Å². The fourth-order valence-corrected chi connectivity index (χ4v) is 4.40. The van der Waals surface area contributed by atoms with E-state index in [2.05, 4.69) is 15.4 Å². The van der Waals surface area contributed by atoms with Crippen molar-refractivity contribution in [2.24, 2.45) is 5.73 Å². The van der Waals surface area contributed by atoms with Crippen LogP contribution in [0.4, 0.5) is 0 Å². The predicted molar refractivity (Wildman–Crippen MR) is 125 cm³/mol. The third-order valence-corrected chi connectivity index (χ3v) is 6.63. The Morgan fingerprint density at radius 1 is 1.00 bits per heavy atom. The molecule has 2 aromatic rings. The van der Waals surface area contributed by atoms with Gasteiger partial charge in [0.05, 0.1) is 4.90 Å². The molecule has 0 radical (unpaired) electrons. The lowest BCUT2D eigenvalue weighted by atomic mass is 9.98. The Kier molecular flexibility index (Phi) is 8.87. The Hall–Kier alpha value is -3.77. The zero-order chi connectivity index (χ0) is 25.4. The molecule has 12 heteroatoms. The normalized spacial score (nSPS) is 12.9. The largest absolute Gasteiger partial charge is 0.480 e. The molecule has 0 spiro atoms. The molecule has 0 heterocycles. The van der Waals surface area contributed by atoms with Crippen molar-refractivity contribution in [3.63, 3.8) is 0 Å². The Balaban J connectivity index is 1.94. The Morgan fingerprint density at radius 2 is 1.59 bits per heavy atom. The number of amidine groups is 1. The number of aliphatic carboxylic acids is 1. The van der Waals surface area contributed by atoms with E-state index >= 15 is 0 Å². The predicted octanol–water partition coefficient (Wildman–Crippen LogP) is 0.419. The number of carbonyl (C=O) groups excluding carboxylic acids is 2. The number of hydrogen-bond donors (Lipinski definition) is 6. The number of nitrogen functional groups attached to an aromatic ring is 1. The summed E-state index contributed by atoms with van der Waals surface area (Å²) >= 11 is 0. The minimum Gasteiger partial charge on any atom is -0.480 e. The van der Waals surface area contributed by atoms with Crippen LogP contribution < -0.4 is 21.1 Å². The molecule has 34 heavy (non-hydrogen) atoms. The monoisotopic (exact) mass is 489 g/mol. The van der Waals surface area contributed by atoms with Crippen molar-refractivity contribution in [2.75, 3.05) is 13.1 Å². The van der Waals surface area contributed by atoms with Gasteiger partial charge < -0.3 is 21.5 Å². The first kappa shape index (κ1) is 26.5. The minimum atomic E-state index is -4.15. The van der Waals surface area contributed by atoms with Crippen molar-refractivity contribution >= 4 is 33.6 Å². The number of nitrogens with two attached hydrogens (primary N) is 1. The summed E-state index contributed by atoms with van der Waals surface area (Å²) in [5.41, 5.74) is 4.20. The fourth-order valence-electron chi connectivity index (χ4n) is 2.95. The zero-order valence-electron chi connectivity index (χ0n) is 18.5. The first-order valence-corrected chi connectivity index (χ1v) is 11.8. The lowest BCUT2D eigenvalue weighted by molar-refractivity contribution is -0.144. The smallest absolute Gasteiger partial charge is 0.326 e. The summed E-state index contributed by atoms with van der Waals surface area (Å²) in [5, 5.41) is 22.1. The number of nitrogens with one attached hydrogen (secondary N) is 4. The van der Waals surface area contributed by atoms with Gasteiger partial charge in [-0.05, 0) is 30.7 Å². The standard InChI is InChI=1S/C22H27N5O6S/c1-2-22(21(30)31,27-34(32,33)17-6-4-3-5-7-17)14-26-18(28)12-13-25-20(29)16-10-8-15(9-11-16)19(23)24/h3-11,27H,2,12-14H2,1H3,(H3,23,24)(H,25,29)(H,26,28)(H,30,31)/t22-/m0/s1. The summed E-state index contributed by atoms with van der Waals surface area (Å²) in [6.45, 7) is 0.983. The molecule has 182 valence electrons. The van der Waals surface area contributed by atoms with E-state index in [1.807, 2.05) is 0 Å². The van der Waals surface area contributed by atoms with Gasteiger partial charge in [-0.25, -0.2) is 8.42 Å². The van der Waals surface area contributed by atoms with E-state index in [9.17, 15) is 27.9 Å². The van der Waals surface area contributed by atoms with Crippen LogP contribution in [0.15, 0.2) is 59.5 Å². The van der Waals surface area contributed by atoms with Crippen LogP contribution in [-0.2, 0) is 19.6 Å². The molecule has 0 fully saturated rings. The highest BCUT2D eigenvalue weighted by molar-refractivity contribution is 7.89. The molecule has 2 rings (SSSR count). The molecule has 0 saturated heterocycles. The van der Waals surface area contributed by atoms with Gasteiger partial charge in [-0.15, -0.1) is 0 Å². The second-order valence-corrected chi connectivity index (χ2v) is 9.12. The molecule has 2 amide bonds.